The number of carbonyl (C=O) groups is 3. The molecule has 1 rings (SSSR count). The average molecular weight is 278 g/mol. The van der Waals surface area contributed by atoms with Gasteiger partial charge in [0, 0.05) is 5.56 Å². The molecule has 7 heteroatoms. The van der Waals surface area contributed by atoms with Crippen LogP contribution < -0.4 is 17.2 Å². The summed E-state index contributed by atoms with van der Waals surface area (Å²) >= 11 is 0. The summed E-state index contributed by atoms with van der Waals surface area (Å²) in [6.45, 7) is -0.193. The predicted octanol–water partition coefficient (Wildman–Crippen LogP) is -1.40. The first-order chi connectivity index (χ1) is 9.43. The van der Waals surface area contributed by atoms with Crippen molar-refractivity contribution in [2.24, 2.45) is 17.2 Å². The monoisotopic (exact) mass is 278 g/mol. The van der Waals surface area contributed by atoms with Gasteiger partial charge in [-0.3, -0.25) is 14.4 Å². The van der Waals surface area contributed by atoms with Crippen molar-refractivity contribution < 1.29 is 14.4 Å². The van der Waals surface area contributed by atoms with Gasteiger partial charge < -0.3 is 22.1 Å². The summed E-state index contributed by atoms with van der Waals surface area (Å²) < 4.78 is 0. The van der Waals surface area contributed by atoms with Gasteiger partial charge in [0.25, 0.3) is 5.91 Å². The first-order valence-electron chi connectivity index (χ1n) is 6.09. The van der Waals surface area contributed by atoms with Gasteiger partial charge in [-0.1, -0.05) is 12.1 Å². The molecule has 0 fully saturated rings. The number of benzene rings is 1. The number of nitrogens with zero attached hydrogens (tertiary/aromatic N) is 1. The van der Waals surface area contributed by atoms with Crippen LogP contribution in [0.2, 0.25) is 0 Å². The average Bonchev–Trinajstić information content (AvgIpc) is 2.37. The normalized spacial score (nSPS) is 10.1. The van der Waals surface area contributed by atoms with Gasteiger partial charge in [0.15, 0.2) is 0 Å². The van der Waals surface area contributed by atoms with Crippen LogP contribution in [0.5, 0.6) is 0 Å². The highest BCUT2D eigenvalue weighted by Gasteiger charge is 2.19. The molecule has 1 aromatic rings. The minimum atomic E-state index is -0.709. The molecule has 0 heterocycles. The van der Waals surface area contributed by atoms with Gasteiger partial charge in [0.1, 0.15) is 13.1 Å². The molecule has 0 atom stereocenters. The summed E-state index contributed by atoms with van der Waals surface area (Å²) in [7, 11) is 0. The van der Waals surface area contributed by atoms with E-state index in [1.54, 1.807) is 24.3 Å². The smallest absolute Gasteiger partial charge is 0.254 e. The molecular formula is C13H18N4O3. The van der Waals surface area contributed by atoms with Gasteiger partial charge in [-0.05, 0) is 30.7 Å². The Bertz CT molecular complexity index is 483. The van der Waals surface area contributed by atoms with Crippen molar-refractivity contribution in [3.63, 3.8) is 0 Å². The fourth-order valence-corrected chi connectivity index (χ4v) is 1.74. The minimum absolute atomic E-state index is 0.355. The van der Waals surface area contributed by atoms with Crippen LogP contribution >= 0.6 is 0 Å². The van der Waals surface area contributed by atoms with Crippen LogP contribution in [-0.2, 0) is 16.0 Å². The SMILES string of the molecule is NCCc1ccc(C(=O)N(CC(N)=O)CC(N)=O)cc1. The van der Waals surface area contributed by atoms with E-state index in [2.05, 4.69) is 0 Å². The number of amides is 3. The summed E-state index contributed by atoms with van der Waals surface area (Å²) in [6.07, 6.45) is 0.709. The Morgan fingerprint density at radius 1 is 0.950 bits per heavy atom. The van der Waals surface area contributed by atoms with Gasteiger partial charge >= 0.3 is 0 Å². The molecule has 1 aromatic carbocycles. The standard InChI is InChI=1S/C13H18N4O3/c14-6-5-9-1-3-10(4-2-9)13(20)17(7-11(15)18)8-12(16)19/h1-4H,5-8,14H2,(H2,15,18)(H2,16,19). The fraction of sp³-hybridized carbons (Fsp3) is 0.308. The Morgan fingerprint density at radius 2 is 1.45 bits per heavy atom. The molecule has 6 N–H and O–H groups in total. The van der Waals surface area contributed by atoms with Crippen molar-refractivity contribution in [2.45, 2.75) is 6.42 Å². The Balaban J connectivity index is 2.87. The Kier molecular flexibility index (Phi) is 5.67. The molecule has 0 aliphatic rings. The van der Waals surface area contributed by atoms with Crippen molar-refractivity contribution in [3.8, 4) is 0 Å². The maximum atomic E-state index is 12.2. The van der Waals surface area contributed by atoms with Crippen molar-refractivity contribution in [3.05, 3.63) is 35.4 Å². The third kappa shape index (κ3) is 4.69. The zero-order valence-corrected chi connectivity index (χ0v) is 11.0. The zero-order valence-electron chi connectivity index (χ0n) is 11.0. The van der Waals surface area contributed by atoms with E-state index >= 15 is 0 Å². The van der Waals surface area contributed by atoms with Crippen LogP contribution in [0.3, 0.4) is 0 Å². The van der Waals surface area contributed by atoms with Crippen molar-refractivity contribution in [1.82, 2.24) is 4.90 Å². The van der Waals surface area contributed by atoms with Crippen LogP contribution in [0.15, 0.2) is 24.3 Å². The number of primary amides is 2. The highest BCUT2D eigenvalue weighted by Crippen LogP contribution is 2.08. The summed E-state index contributed by atoms with van der Waals surface area (Å²) in [5.74, 6) is -1.89. The summed E-state index contributed by atoms with van der Waals surface area (Å²) in [5.41, 5.74) is 16.9. The molecule has 0 saturated heterocycles. The lowest BCUT2D eigenvalue weighted by Crippen LogP contribution is -2.43. The predicted molar refractivity (Wildman–Crippen MR) is 73.5 cm³/mol. The lowest BCUT2D eigenvalue weighted by molar-refractivity contribution is -0.121. The maximum absolute atomic E-state index is 12.2. The van der Waals surface area contributed by atoms with E-state index in [1.165, 1.54) is 0 Å². The van der Waals surface area contributed by atoms with E-state index in [0.717, 1.165) is 10.5 Å². The Hall–Kier alpha value is -2.41. The van der Waals surface area contributed by atoms with Crippen LogP contribution in [0.25, 0.3) is 0 Å². The molecule has 7 nitrogen and oxygen atoms in total. The van der Waals surface area contributed by atoms with Crippen LogP contribution in [-0.4, -0.2) is 42.3 Å². The van der Waals surface area contributed by atoms with Gasteiger partial charge in [0.2, 0.25) is 11.8 Å². The third-order valence-corrected chi connectivity index (χ3v) is 2.61. The van der Waals surface area contributed by atoms with Gasteiger partial charge in [-0.15, -0.1) is 0 Å². The summed E-state index contributed by atoms with van der Waals surface area (Å²) in [6, 6.07) is 6.77. The maximum Gasteiger partial charge on any atom is 0.254 e. The van der Waals surface area contributed by atoms with E-state index in [1.807, 2.05) is 0 Å². The first-order valence-corrected chi connectivity index (χ1v) is 6.09. The molecule has 3 amide bonds. The van der Waals surface area contributed by atoms with E-state index in [0.29, 0.717) is 18.5 Å². The third-order valence-electron chi connectivity index (χ3n) is 2.61. The molecule has 0 aromatic heterocycles. The largest absolute Gasteiger partial charge is 0.368 e. The van der Waals surface area contributed by atoms with Crippen LogP contribution in [0.1, 0.15) is 15.9 Å². The van der Waals surface area contributed by atoms with Crippen molar-refractivity contribution in [1.29, 1.82) is 0 Å². The van der Waals surface area contributed by atoms with E-state index in [-0.39, 0.29) is 13.1 Å². The highest BCUT2D eigenvalue weighted by molar-refractivity contribution is 5.98. The number of hydrogen-bond acceptors (Lipinski definition) is 4. The number of hydrogen-bond donors (Lipinski definition) is 3. The minimum Gasteiger partial charge on any atom is -0.368 e. The van der Waals surface area contributed by atoms with E-state index in [4.69, 9.17) is 17.2 Å². The lowest BCUT2D eigenvalue weighted by Gasteiger charge is -2.19. The molecule has 20 heavy (non-hydrogen) atoms. The molecule has 108 valence electrons. The first kappa shape index (κ1) is 15.6. The summed E-state index contributed by atoms with van der Waals surface area (Å²) in [4.78, 5) is 35.0. The lowest BCUT2D eigenvalue weighted by atomic mass is 10.1. The molecule has 0 aliphatic heterocycles. The van der Waals surface area contributed by atoms with Gasteiger partial charge in [-0.25, -0.2) is 0 Å². The van der Waals surface area contributed by atoms with Crippen molar-refractivity contribution >= 4 is 17.7 Å². The van der Waals surface area contributed by atoms with Crippen molar-refractivity contribution in [2.75, 3.05) is 19.6 Å². The molecule has 0 radical (unpaired) electrons. The molecule has 0 spiro atoms. The second-order valence-electron chi connectivity index (χ2n) is 4.33. The molecule has 0 aliphatic carbocycles. The highest BCUT2D eigenvalue weighted by atomic mass is 16.2. The molecule has 0 unspecified atom stereocenters. The molecular weight excluding hydrogens is 260 g/mol. The van der Waals surface area contributed by atoms with Gasteiger partial charge in [0.05, 0.1) is 0 Å². The van der Waals surface area contributed by atoms with Gasteiger partial charge in [-0.2, -0.15) is 0 Å². The van der Waals surface area contributed by atoms with E-state index in [9.17, 15) is 14.4 Å². The summed E-state index contributed by atoms with van der Waals surface area (Å²) in [5, 5.41) is 0. The Labute approximate surface area is 116 Å². The second-order valence-corrected chi connectivity index (χ2v) is 4.33. The van der Waals surface area contributed by atoms with Crippen LogP contribution in [0, 0.1) is 0 Å². The van der Waals surface area contributed by atoms with E-state index < -0.39 is 17.7 Å². The second kappa shape index (κ2) is 7.25. The fourth-order valence-electron chi connectivity index (χ4n) is 1.74. The number of nitrogens with two attached hydrogens (primary N) is 3. The Morgan fingerprint density at radius 3 is 1.85 bits per heavy atom. The topological polar surface area (TPSA) is 133 Å². The molecule has 0 saturated carbocycles. The zero-order chi connectivity index (χ0) is 15.1. The quantitative estimate of drug-likeness (QED) is 0.565. The molecule has 0 bridgehead atoms. The van der Waals surface area contributed by atoms with Crippen LogP contribution in [0.4, 0.5) is 0 Å². The number of rotatable bonds is 7. The number of carbonyl (C=O) groups excluding carboxylic acids is 3.